The topological polar surface area (TPSA) is 32.8 Å². The highest BCUT2D eigenvalue weighted by Gasteiger charge is 2.20. The second kappa shape index (κ2) is 9.82. The van der Waals surface area contributed by atoms with Crippen LogP contribution in [0.2, 0.25) is 0 Å². The third-order valence-corrected chi connectivity index (χ3v) is 4.60. The van der Waals surface area contributed by atoms with Crippen molar-refractivity contribution in [1.29, 1.82) is 0 Å². The maximum absolute atomic E-state index is 11.1. The number of thiol groups is 1. The monoisotopic (exact) mass is 316 g/mol. The van der Waals surface area contributed by atoms with Crippen molar-refractivity contribution < 1.29 is 9.53 Å². The highest BCUT2D eigenvalue weighted by Crippen LogP contribution is 2.16. The quantitative estimate of drug-likeness (QED) is 0.523. The van der Waals surface area contributed by atoms with Gasteiger partial charge in [0.1, 0.15) is 5.78 Å². The van der Waals surface area contributed by atoms with Crippen molar-refractivity contribution in [2.24, 2.45) is 5.92 Å². The number of piperidine rings is 1. The SMILES string of the molecule is CC(=O)CN1CCC(OCC(C)CCN(C)C(C)S)CC1. The smallest absolute Gasteiger partial charge is 0.143 e. The Balaban J connectivity index is 2.11. The molecule has 1 heterocycles. The molecule has 1 aliphatic heterocycles. The Kier molecular flexibility index (Phi) is 8.86. The van der Waals surface area contributed by atoms with Gasteiger partial charge in [-0.15, -0.1) is 0 Å². The number of rotatable bonds is 9. The van der Waals surface area contributed by atoms with E-state index in [0.717, 1.165) is 45.5 Å². The summed E-state index contributed by atoms with van der Waals surface area (Å²) >= 11 is 4.43. The molecular weight excluding hydrogens is 284 g/mol. The minimum absolute atomic E-state index is 0.255. The summed E-state index contributed by atoms with van der Waals surface area (Å²) in [5.74, 6) is 0.834. The second-order valence-electron chi connectivity index (χ2n) is 6.52. The van der Waals surface area contributed by atoms with Gasteiger partial charge in [-0.2, -0.15) is 12.6 Å². The molecular formula is C16H32N2O2S. The van der Waals surface area contributed by atoms with Crippen molar-refractivity contribution in [1.82, 2.24) is 9.80 Å². The number of hydrogen-bond donors (Lipinski definition) is 1. The van der Waals surface area contributed by atoms with Gasteiger partial charge >= 0.3 is 0 Å². The third-order valence-electron chi connectivity index (χ3n) is 4.21. The normalized spacial score (nSPS) is 20.7. The van der Waals surface area contributed by atoms with E-state index in [9.17, 15) is 4.79 Å². The van der Waals surface area contributed by atoms with Crippen LogP contribution < -0.4 is 0 Å². The minimum atomic E-state index is 0.255. The van der Waals surface area contributed by atoms with E-state index in [1.807, 2.05) is 0 Å². The first-order valence-electron chi connectivity index (χ1n) is 8.10. The van der Waals surface area contributed by atoms with Crippen molar-refractivity contribution in [3.8, 4) is 0 Å². The largest absolute Gasteiger partial charge is 0.378 e. The maximum Gasteiger partial charge on any atom is 0.143 e. The van der Waals surface area contributed by atoms with Gasteiger partial charge in [0.25, 0.3) is 0 Å². The summed E-state index contributed by atoms with van der Waals surface area (Å²) < 4.78 is 6.04. The molecule has 2 unspecified atom stereocenters. The fraction of sp³-hybridized carbons (Fsp3) is 0.938. The van der Waals surface area contributed by atoms with Crippen LogP contribution in [-0.4, -0.2) is 66.9 Å². The van der Waals surface area contributed by atoms with E-state index < -0.39 is 0 Å². The Bertz CT molecular complexity index is 305. The minimum Gasteiger partial charge on any atom is -0.378 e. The van der Waals surface area contributed by atoms with Gasteiger partial charge in [-0.1, -0.05) is 6.92 Å². The van der Waals surface area contributed by atoms with E-state index in [1.165, 1.54) is 0 Å². The summed E-state index contributed by atoms with van der Waals surface area (Å²) in [7, 11) is 2.11. The fourth-order valence-corrected chi connectivity index (χ4v) is 2.66. The average Bonchev–Trinajstić information content (AvgIpc) is 2.43. The molecule has 1 saturated heterocycles. The predicted octanol–water partition coefficient (Wildman–Crippen LogP) is 2.29. The summed E-state index contributed by atoms with van der Waals surface area (Å²) in [6.45, 7) is 10.5. The highest BCUT2D eigenvalue weighted by atomic mass is 32.1. The Morgan fingerprint density at radius 3 is 2.52 bits per heavy atom. The molecule has 0 radical (unpaired) electrons. The van der Waals surface area contributed by atoms with Gasteiger partial charge in [-0.05, 0) is 52.6 Å². The molecule has 4 nitrogen and oxygen atoms in total. The van der Waals surface area contributed by atoms with Gasteiger partial charge in [0, 0.05) is 25.1 Å². The van der Waals surface area contributed by atoms with Gasteiger partial charge in [0.05, 0.1) is 12.6 Å². The van der Waals surface area contributed by atoms with Crippen molar-refractivity contribution >= 4 is 18.4 Å². The van der Waals surface area contributed by atoms with E-state index in [-0.39, 0.29) is 5.78 Å². The molecule has 5 heteroatoms. The fourth-order valence-electron chi connectivity index (χ4n) is 2.54. The molecule has 21 heavy (non-hydrogen) atoms. The summed E-state index contributed by atoms with van der Waals surface area (Å²) in [6.07, 6.45) is 3.61. The van der Waals surface area contributed by atoms with Gasteiger partial charge in [0.15, 0.2) is 0 Å². The van der Waals surface area contributed by atoms with E-state index in [2.05, 4.69) is 43.3 Å². The Morgan fingerprint density at radius 2 is 2.00 bits per heavy atom. The predicted molar refractivity (Wildman–Crippen MR) is 91.0 cm³/mol. The molecule has 0 aromatic rings. The summed E-state index contributed by atoms with van der Waals surface area (Å²) in [6, 6.07) is 0. The second-order valence-corrected chi connectivity index (χ2v) is 7.26. The Morgan fingerprint density at radius 1 is 1.38 bits per heavy atom. The standard InChI is InChI=1S/C16H32N2O2S/c1-13(5-8-17(4)15(3)21)12-20-16-6-9-18(10-7-16)11-14(2)19/h13,15-16,21H,5-12H2,1-4H3. The number of likely N-dealkylation sites (tertiary alicyclic amines) is 1. The number of nitrogens with zero attached hydrogens (tertiary/aromatic N) is 2. The van der Waals surface area contributed by atoms with Crippen LogP contribution in [0.15, 0.2) is 0 Å². The number of carbonyl (C=O) groups excluding carboxylic acids is 1. The molecule has 1 aliphatic rings. The Labute approximate surface area is 135 Å². The van der Waals surface area contributed by atoms with Crippen LogP contribution in [0.4, 0.5) is 0 Å². The van der Waals surface area contributed by atoms with Crippen LogP contribution in [0.5, 0.6) is 0 Å². The summed E-state index contributed by atoms with van der Waals surface area (Å²) in [4.78, 5) is 15.6. The first kappa shape index (κ1) is 18.9. The molecule has 0 N–H and O–H groups in total. The average molecular weight is 317 g/mol. The van der Waals surface area contributed by atoms with Crippen molar-refractivity contribution in [3.05, 3.63) is 0 Å². The zero-order valence-corrected chi connectivity index (χ0v) is 14.9. The molecule has 0 saturated carbocycles. The lowest BCUT2D eigenvalue weighted by molar-refractivity contribution is -0.118. The highest BCUT2D eigenvalue weighted by molar-refractivity contribution is 7.80. The van der Waals surface area contributed by atoms with Gasteiger partial charge in [-0.25, -0.2) is 0 Å². The van der Waals surface area contributed by atoms with Crippen molar-refractivity contribution in [2.45, 2.75) is 51.5 Å². The lowest BCUT2D eigenvalue weighted by atomic mass is 10.1. The molecule has 0 spiro atoms. The molecule has 0 bridgehead atoms. The molecule has 2 atom stereocenters. The lowest BCUT2D eigenvalue weighted by Crippen LogP contribution is -2.39. The van der Waals surface area contributed by atoms with E-state index in [4.69, 9.17) is 4.74 Å². The number of carbonyl (C=O) groups is 1. The van der Waals surface area contributed by atoms with Crippen molar-refractivity contribution in [3.63, 3.8) is 0 Å². The number of ketones is 1. The van der Waals surface area contributed by atoms with Crippen LogP contribution in [0, 0.1) is 5.92 Å². The molecule has 1 rings (SSSR count). The number of Topliss-reactive ketones (excluding diaryl/α,β-unsaturated/α-hetero) is 1. The first-order chi connectivity index (χ1) is 9.88. The maximum atomic E-state index is 11.1. The van der Waals surface area contributed by atoms with Crippen LogP contribution in [0.3, 0.4) is 0 Å². The van der Waals surface area contributed by atoms with E-state index >= 15 is 0 Å². The third kappa shape index (κ3) is 8.19. The summed E-state index contributed by atoms with van der Waals surface area (Å²) in [5.41, 5.74) is 0. The molecule has 124 valence electrons. The molecule has 0 aliphatic carbocycles. The molecule has 0 amide bonds. The number of hydrogen-bond acceptors (Lipinski definition) is 5. The van der Waals surface area contributed by atoms with Crippen LogP contribution in [-0.2, 0) is 9.53 Å². The van der Waals surface area contributed by atoms with Crippen LogP contribution >= 0.6 is 12.6 Å². The van der Waals surface area contributed by atoms with Gasteiger partial charge in [-0.3, -0.25) is 14.6 Å². The first-order valence-corrected chi connectivity index (χ1v) is 8.61. The lowest BCUT2D eigenvalue weighted by Gasteiger charge is -2.32. The number of ether oxygens (including phenoxy) is 1. The molecule has 0 aromatic carbocycles. The summed E-state index contributed by atoms with van der Waals surface area (Å²) in [5, 5.41) is 0.309. The van der Waals surface area contributed by atoms with Crippen LogP contribution in [0.25, 0.3) is 0 Å². The zero-order chi connectivity index (χ0) is 15.8. The van der Waals surface area contributed by atoms with Crippen molar-refractivity contribution in [2.75, 3.05) is 39.8 Å². The van der Waals surface area contributed by atoms with E-state index in [0.29, 0.717) is 23.9 Å². The molecule has 1 fully saturated rings. The van der Waals surface area contributed by atoms with Gasteiger partial charge < -0.3 is 4.74 Å². The Hall–Kier alpha value is -0.100. The van der Waals surface area contributed by atoms with E-state index in [1.54, 1.807) is 6.92 Å². The van der Waals surface area contributed by atoms with Gasteiger partial charge in [0.2, 0.25) is 0 Å². The van der Waals surface area contributed by atoms with Crippen LogP contribution in [0.1, 0.15) is 40.0 Å². The zero-order valence-electron chi connectivity index (χ0n) is 14.0. The molecule has 0 aromatic heterocycles.